The van der Waals surface area contributed by atoms with Crippen LogP contribution in [-0.4, -0.2) is 79.5 Å². The summed E-state index contributed by atoms with van der Waals surface area (Å²) in [7, 11) is 3.74. The van der Waals surface area contributed by atoms with Gasteiger partial charge in [0.2, 0.25) is 11.9 Å². The highest BCUT2D eigenvalue weighted by Crippen LogP contribution is 2.24. The van der Waals surface area contributed by atoms with E-state index in [-0.39, 0.29) is 0 Å². The SMILES string of the molecule is COc1cnc(N2CCC(N(C)c3ccnc(N4CCOCC4)n3)CC2)nc1. The predicted molar refractivity (Wildman–Crippen MR) is 107 cm³/mol. The smallest absolute Gasteiger partial charge is 0.227 e. The molecule has 0 aliphatic carbocycles. The summed E-state index contributed by atoms with van der Waals surface area (Å²) in [5.41, 5.74) is 0. The van der Waals surface area contributed by atoms with E-state index in [1.54, 1.807) is 19.5 Å². The normalized spacial score (nSPS) is 18.2. The fourth-order valence-corrected chi connectivity index (χ4v) is 3.67. The van der Waals surface area contributed by atoms with Crippen LogP contribution in [-0.2, 0) is 4.74 Å². The van der Waals surface area contributed by atoms with Crippen molar-refractivity contribution in [3.8, 4) is 5.75 Å². The van der Waals surface area contributed by atoms with Crippen LogP contribution in [0.3, 0.4) is 0 Å². The third kappa shape index (κ3) is 4.09. The Balaban J connectivity index is 1.37. The van der Waals surface area contributed by atoms with Gasteiger partial charge in [-0.3, -0.25) is 0 Å². The van der Waals surface area contributed by atoms with Gasteiger partial charge in [-0.1, -0.05) is 0 Å². The van der Waals surface area contributed by atoms with Gasteiger partial charge in [0.25, 0.3) is 0 Å². The predicted octanol–water partition coefficient (Wildman–Crippen LogP) is 1.22. The minimum absolute atomic E-state index is 0.432. The van der Waals surface area contributed by atoms with Crippen molar-refractivity contribution in [2.45, 2.75) is 18.9 Å². The minimum Gasteiger partial charge on any atom is -0.494 e. The molecule has 0 radical (unpaired) electrons. The van der Waals surface area contributed by atoms with Crippen molar-refractivity contribution in [1.82, 2.24) is 19.9 Å². The summed E-state index contributed by atoms with van der Waals surface area (Å²) in [6, 6.07) is 2.42. The Morgan fingerprint density at radius 3 is 2.36 bits per heavy atom. The molecule has 28 heavy (non-hydrogen) atoms. The molecule has 0 atom stereocenters. The van der Waals surface area contributed by atoms with E-state index in [2.05, 4.69) is 36.7 Å². The maximum absolute atomic E-state index is 5.42. The number of methoxy groups -OCH3 is 1. The first-order valence-corrected chi connectivity index (χ1v) is 9.74. The Kier molecular flexibility index (Phi) is 5.70. The highest BCUT2D eigenvalue weighted by atomic mass is 16.5. The molecule has 9 nitrogen and oxygen atoms in total. The van der Waals surface area contributed by atoms with E-state index in [0.717, 1.165) is 69.9 Å². The molecular formula is C19H27N7O2. The summed E-state index contributed by atoms with van der Waals surface area (Å²) in [5, 5.41) is 0. The molecule has 0 spiro atoms. The lowest BCUT2D eigenvalue weighted by atomic mass is 10.0. The van der Waals surface area contributed by atoms with E-state index >= 15 is 0 Å². The second kappa shape index (κ2) is 8.55. The largest absolute Gasteiger partial charge is 0.494 e. The summed E-state index contributed by atoms with van der Waals surface area (Å²) in [4.78, 5) is 24.7. The fourth-order valence-electron chi connectivity index (χ4n) is 3.67. The Labute approximate surface area is 165 Å². The zero-order valence-corrected chi connectivity index (χ0v) is 16.5. The van der Waals surface area contributed by atoms with Crippen LogP contribution in [0.1, 0.15) is 12.8 Å². The van der Waals surface area contributed by atoms with Crippen molar-refractivity contribution in [1.29, 1.82) is 0 Å². The second-order valence-corrected chi connectivity index (χ2v) is 7.07. The van der Waals surface area contributed by atoms with Gasteiger partial charge in [-0.15, -0.1) is 0 Å². The van der Waals surface area contributed by atoms with Gasteiger partial charge in [0.1, 0.15) is 5.82 Å². The molecule has 4 rings (SSSR count). The molecule has 4 heterocycles. The zero-order valence-electron chi connectivity index (χ0n) is 16.5. The van der Waals surface area contributed by atoms with Crippen LogP contribution in [0.2, 0.25) is 0 Å². The Morgan fingerprint density at radius 2 is 1.68 bits per heavy atom. The van der Waals surface area contributed by atoms with E-state index in [0.29, 0.717) is 11.8 Å². The van der Waals surface area contributed by atoms with Gasteiger partial charge in [-0.25, -0.2) is 15.0 Å². The first-order chi connectivity index (χ1) is 13.7. The number of hydrogen-bond donors (Lipinski definition) is 0. The lowest BCUT2D eigenvalue weighted by molar-refractivity contribution is 0.122. The number of hydrogen-bond acceptors (Lipinski definition) is 9. The molecule has 0 N–H and O–H groups in total. The van der Waals surface area contributed by atoms with Crippen LogP contribution in [0.5, 0.6) is 5.75 Å². The molecule has 0 aromatic carbocycles. The highest BCUT2D eigenvalue weighted by molar-refractivity contribution is 5.45. The second-order valence-electron chi connectivity index (χ2n) is 7.07. The molecule has 2 aromatic heterocycles. The van der Waals surface area contributed by atoms with Crippen molar-refractivity contribution >= 4 is 17.7 Å². The average molecular weight is 385 g/mol. The maximum atomic E-state index is 5.42. The highest BCUT2D eigenvalue weighted by Gasteiger charge is 2.25. The quantitative estimate of drug-likeness (QED) is 0.754. The number of ether oxygens (including phenoxy) is 2. The first-order valence-electron chi connectivity index (χ1n) is 9.74. The third-order valence-electron chi connectivity index (χ3n) is 5.43. The van der Waals surface area contributed by atoms with Crippen molar-refractivity contribution in [2.75, 3.05) is 68.2 Å². The number of piperidine rings is 1. The number of aromatic nitrogens is 4. The van der Waals surface area contributed by atoms with Gasteiger partial charge in [-0.2, -0.15) is 4.98 Å². The van der Waals surface area contributed by atoms with Gasteiger partial charge < -0.3 is 24.2 Å². The van der Waals surface area contributed by atoms with E-state index in [4.69, 9.17) is 14.5 Å². The van der Waals surface area contributed by atoms with Crippen LogP contribution in [0.25, 0.3) is 0 Å². The molecule has 0 amide bonds. The number of morpholine rings is 1. The van der Waals surface area contributed by atoms with Crippen LogP contribution in [0.15, 0.2) is 24.7 Å². The molecular weight excluding hydrogens is 358 g/mol. The Morgan fingerprint density at radius 1 is 1.00 bits per heavy atom. The summed E-state index contributed by atoms with van der Waals surface area (Å²) >= 11 is 0. The van der Waals surface area contributed by atoms with E-state index in [1.165, 1.54) is 0 Å². The molecule has 0 bridgehead atoms. The molecule has 2 aliphatic heterocycles. The van der Waals surface area contributed by atoms with Gasteiger partial charge in [0, 0.05) is 45.5 Å². The number of nitrogens with zero attached hydrogens (tertiary/aromatic N) is 7. The topological polar surface area (TPSA) is 79.7 Å². The molecule has 2 aromatic rings. The lowest BCUT2D eigenvalue weighted by Gasteiger charge is -2.37. The molecule has 0 saturated carbocycles. The van der Waals surface area contributed by atoms with Gasteiger partial charge in [0.05, 0.1) is 32.7 Å². The molecule has 2 aliphatic rings. The zero-order chi connectivity index (χ0) is 19.3. The summed E-state index contributed by atoms with van der Waals surface area (Å²) in [6.45, 7) is 4.98. The fraction of sp³-hybridized carbons (Fsp3) is 0.579. The average Bonchev–Trinajstić information content (AvgIpc) is 2.79. The Bertz CT molecular complexity index is 759. The molecule has 150 valence electrons. The van der Waals surface area contributed by atoms with E-state index in [1.807, 2.05) is 12.3 Å². The molecule has 0 unspecified atom stereocenters. The molecule has 9 heteroatoms. The standard InChI is InChI=1S/C19H27N7O2/c1-24(17-3-6-20-19(23-17)26-9-11-28-12-10-26)15-4-7-25(8-5-15)18-21-13-16(27-2)14-22-18/h3,6,13-15H,4-5,7-12H2,1-2H3. The summed E-state index contributed by atoms with van der Waals surface area (Å²) in [5.74, 6) is 3.20. The van der Waals surface area contributed by atoms with E-state index < -0.39 is 0 Å². The summed E-state index contributed by atoms with van der Waals surface area (Å²) in [6.07, 6.45) is 7.35. The van der Waals surface area contributed by atoms with E-state index in [9.17, 15) is 0 Å². The van der Waals surface area contributed by atoms with Gasteiger partial charge >= 0.3 is 0 Å². The van der Waals surface area contributed by atoms with Crippen molar-refractivity contribution in [3.05, 3.63) is 24.7 Å². The summed E-state index contributed by atoms with van der Waals surface area (Å²) < 4.78 is 10.6. The third-order valence-corrected chi connectivity index (χ3v) is 5.43. The van der Waals surface area contributed by atoms with Crippen LogP contribution >= 0.6 is 0 Å². The van der Waals surface area contributed by atoms with Crippen molar-refractivity contribution in [2.24, 2.45) is 0 Å². The number of anilines is 3. The van der Waals surface area contributed by atoms with Crippen LogP contribution < -0.4 is 19.4 Å². The Hall–Kier alpha value is -2.68. The molecule has 2 fully saturated rings. The maximum Gasteiger partial charge on any atom is 0.227 e. The van der Waals surface area contributed by atoms with Gasteiger partial charge in [0.15, 0.2) is 5.75 Å². The molecule has 2 saturated heterocycles. The number of rotatable bonds is 5. The van der Waals surface area contributed by atoms with Crippen molar-refractivity contribution < 1.29 is 9.47 Å². The van der Waals surface area contributed by atoms with Crippen molar-refractivity contribution in [3.63, 3.8) is 0 Å². The lowest BCUT2D eigenvalue weighted by Crippen LogP contribution is -2.44. The first kappa shape index (κ1) is 18.7. The van der Waals surface area contributed by atoms with Crippen LogP contribution in [0.4, 0.5) is 17.7 Å². The monoisotopic (exact) mass is 385 g/mol. The minimum atomic E-state index is 0.432. The van der Waals surface area contributed by atoms with Gasteiger partial charge in [-0.05, 0) is 18.9 Å². The van der Waals surface area contributed by atoms with Crippen LogP contribution in [0, 0.1) is 0 Å².